The molecular weight excluding hydrogens is 191 g/mol. The van der Waals surface area contributed by atoms with Gasteiger partial charge in [-0.1, -0.05) is 0 Å². The Hall–Kier alpha value is 0.0301. The molecule has 0 aliphatic rings. The summed E-state index contributed by atoms with van der Waals surface area (Å²) in [5.74, 6) is 0. The van der Waals surface area contributed by atoms with E-state index in [1.807, 2.05) is 0 Å². The van der Waals surface area contributed by atoms with Crippen molar-refractivity contribution in [2.75, 3.05) is 0 Å². The van der Waals surface area contributed by atoms with Gasteiger partial charge in [0.05, 0.1) is 5.09 Å². The molecule has 0 heterocycles. The summed E-state index contributed by atoms with van der Waals surface area (Å²) in [6, 6.07) is 0. The summed E-state index contributed by atoms with van der Waals surface area (Å²) in [4.78, 5) is 8.25. The van der Waals surface area contributed by atoms with Crippen LogP contribution in [0.15, 0.2) is 0 Å². The number of rotatable bonds is 0. The molecule has 0 saturated heterocycles. The molecule has 0 aromatic heterocycles. The summed E-state index contributed by atoms with van der Waals surface area (Å²) in [5.41, 5.74) is 0. The van der Waals surface area contributed by atoms with E-state index in [1.54, 1.807) is 0 Å². The van der Waals surface area contributed by atoms with Crippen molar-refractivity contribution < 1.29 is 5.09 Å². The van der Waals surface area contributed by atoms with Crippen molar-refractivity contribution in [3.8, 4) is 0 Å². The molecule has 4 N–H and O–H groups in total. The van der Waals surface area contributed by atoms with Crippen LogP contribution in [0, 0.1) is 15.3 Å². The van der Waals surface area contributed by atoms with E-state index in [-0.39, 0.29) is 32.0 Å². The molecule has 0 fully saturated rings. The first kappa shape index (κ1) is 16.6. The fourth-order valence-electron chi connectivity index (χ4n) is 0. The standard InChI is InChI=1S/In.NO3.H3N.3H/c;2-1(3)4;;;;/h;;1H3;;;/q;-1;;;;/p+1. The minimum absolute atomic E-state index is 0. The van der Waals surface area contributed by atoms with Crippen LogP contribution in [-0.2, 0) is 0 Å². The Bertz CT molecular complexity index is 31.8. The molecular formula is H7InN2O3. The van der Waals surface area contributed by atoms with Gasteiger partial charge in [0.25, 0.3) is 0 Å². The molecule has 0 aromatic carbocycles. The van der Waals surface area contributed by atoms with Gasteiger partial charge in [-0.25, -0.2) is 0 Å². The van der Waals surface area contributed by atoms with Crippen molar-refractivity contribution in [3.63, 3.8) is 0 Å². The molecule has 0 radical (unpaired) electrons. The second kappa shape index (κ2) is 8.90. The van der Waals surface area contributed by atoms with Gasteiger partial charge in [-0.2, -0.15) is 0 Å². The fraction of sp³-hybridized carbons (Fsp3) is 0. The van der Waals surface area contributed by atoms with Crippen LogP contribution in [0.2, 0.25) is 0 Å². The molecule has 0 saturated carbocycles. The van der Waals surface area contributed by atoms with Crippen LogP contribution < -0.4 is 6.15 Å². The molecule has 0 bridgehead atoms. The molecule has 6 heavy (non-hydrogen) atoms. The van der Waals surface area contributed by atoms with Crippen LogP contribution in [0.5, 0.6) is 0 Å². The van der Waals surface area contributed by atoms with Crippen molar-refractivity contribution >= 4 is 25.8 Å². The smallest absolute Gasteiger partial charge is 0.369 e. The summed E-state index contributed by atoms with van der Waals surface area (Å²) >= 11 is 0. The van der Waals surface area contributed by atoms with Gasteiger partial charge < -0.3 is 21.5 Å². The Balaban J connectivity index is -0.0000000450. The first-order chi connectivity index (χ1) is 1.73. The maximum Gasteiger partial charge on any atom is -0.369 e. The van der Waals surface area contributed by atoms with Crippen LogP contribution in [0.4, 0.5) is 0 Å². The van der Waals surface area contributed by atoms with Crippen molar-refractivity contribution in [2.24, 2.45) is 0 Å². The first-order valence-corrected chi connectivity index (χ1v) is 0.548. The third kappa shape index (κ3) is 40800. The quantitative estimate of drug-likeness (QED) is 0.396. The molecule has 6 heteroatoms. The van der Waals surface area contributed by atoms with Crippen molar-refractivity contribution in [1.29, 1.82) is 0 Å². The van der Waals surface area contributed by atoms with E-state index in [0.717, 1.165) is 0 Å². The Morgan fingerprint density at radius 2 is 1.33 bits per heavy atom. The van der Waals surface area contributed by atoms with Crippen molar-refractivity contribution in [1.82, 2.24) is 6.15 Å². The van der Waals surface area contributed by atoms with Gasteiger partial charge in [0.1, 0.15) is 0 Å². The number of quaternary nitrogens is 1. The second-order valence-electron chi connectivity index (χ2n) is 0.224. The molecule has 0 amide bonds. The van der Waals surface area contributed by atoms with Gasteiger partial charge >= 0.3 is 25.8 Å². The first-order valence-electron chi connectivity index (χ1n) is 0.548. The molecule has 0 rings (SSSR count). The SMILES string of the molecule is O=[N+]([O-])[O-].[InH3].[NH4+]. The number of hydrogen-bond donors (Lipinski definition) is 1. The zero-order chi connectivity index (χ0) is 3.58. The Morgan fingerprint density at radius 1 is 1.33 bits per heavy atom. The maximum absolute atomic E-state index is 8.25. The molecule has 0 unspecified atom stereocenters. The van der Waals surface area contributed by atoms with Crippen molar-refractivity contribution in [2.45, 2.75) is 0 Å². The summed E-state index contributed by atoms with van der Waals surface area (Å²) in [6.07, 6.45) is 0. The maximum atomic E-state index is 8.25. The monoisotopic (exact) mass is 198 g/mol. The van der Waals surface area contributed by atoms with Gasteiger partial charge in [-0.15, -0.1) is 0 Å². The predicted octanol–water partition coefficient (Wildman–Crippen LogP) is -1.05. The summed E-state index contributed by atoms with van der Waals surface area (Å²) < 4.78 is 0. The molecule has 5 nitrogen and oxygen atoms in total. The van der Waals surface area contributed by atoms with E-state index >= 15 is 0 Å². The van der Waals surface area contributed by atoms with Gasteiger partial charge in [-0.05, 0) is 0 Å². The predicted molar refractivity (Wildman–Crippen MR) is 26.3 cm³/mol. The van der Waals surface area contributed by atoms with E-state index in [2.05, 4.69) is 0 Å². The molecule has 0 aliphatic carbocycles. The summed E-state index contributed by atoms with van der Waals surface area (Å²) in [7, 11) is 0. The molecule has 0 atom stereocenters. The van der Waals surface area contributed by atoms with Crippen LogP contribution in [0.3, 0.4) is 0 Å². The van der Waals surface area contributed by atoms with Gasteiger partial charge in [0.2, 0.25) is 0 Å². The normalized spacial score (nSPS) is 4.00. The summed E-state index contributed by atoms with van der Waals surface area (Å²) in [5, 5.41) is 14.8. The minimum Gasteiger partial charge on any atom is -0.369 e. The van der Waals surface area contributed by atoms with E-state index in [0.29, 0.717) is 0 Å². The van der Waals surface area contributed by atoms with Crippen LogP contribution in [0.25, 0.3) is 0 Å². The van der Waals surface area contributed by atoms with Crippen LogP contribution >= 0.6 is 0 Å². The Labute approximate surface area is 52.8 Å². The molecule has 0 aliphatic heterocycles. The zero-order valence-corrected chi connectivity index (χ0v) is 2.67. The van der Waals surface area contributed by atoms with Gasteiger partial charge in [0, 0.05) is 0 Å². The average Bonchev–Trinajstić information content (AvgIpc) is 0.811. The van der Waals surface area contributed by atoms with Gasteiger partial charge in [0.15, 0.2) is 0 Å². The molecule has 0 aromatic rings. The third-order valence-corrected chi connectivity index (χ3v) is 0. The van der Waals surface area contributed by atoms with E-state index in [1.165, 1.54) is 0 Å². The van der Waals surface area contributed by atoms with Crippen LogP contribution in [0.1, 0.15) is 0 Å². The molecule has 38 valence electrons. The van der Waals surface area contributed by atoms with E-state index < -0.39 is 5.09 Å². The average molecular weight is 198 g/mol. The largest absolute Gasteiger partial charge is 0.369 e. The number of nitrogens with zero attached hydrogens (tertiary/aromatic N) is 1. The fourth-order valence-corrected chi connectivity index (χ4v) is 0. The summed E-state index contributed by atoms with van der Waals surface area (Å²) in [6.45, 7) is 0. The Kier molecular flexibility index (Phi) is 24.6. The number of hydrogen-bond acceptors (Lipinski definition) is 3. The van der Waals surface area contributed by atoms with Crippen LogP contribution in [-0.4, -0.2) is 30.9 Å². The van der Waals surface area contributed by atoms with Gasteiger partial charge in [-0.3, -0.25) is 0 Å². The van der Waals surface area contributed by atoms with E-state index in [9.17, 15) is 0 Å². The van der Waals surface area contributed by atoms with E-state index in [4.69, 9.17) is 15.3 Å². The van der Waals surface area contributed by atoms with Crippen molar-refractivity contribution in [3.05, 3.63) is 15.3 Å². The second-order valence-corrected chi connectivity index (χ2v) is 0.224. The third-order valence-electron chi connectivity index (χ3n) is 0. The topological polar surface area (TPSA) is 103 Å². The molecule has 0 spiro atoms. The zero-order valence-electron chi connectivity index (χ0n) is 2.67. The minimum atomic E-state index is -1.75. The Morgan fingerprint density at radius 3 is 1.33 bits per heavy atom.